The van der Waals surface area contributed by atoms with Crippen LogP contribution in [0.2, 0.25) is 0 Å². The van der Waals surface area contributed by atoms with Crippen LogP contribution in [0.5, 0.6) is 0 Å². The maximum absolute atomic E-state index is 9.08. The largest absolute Gasteiger partial charge is 0.389 e. The summed E-state index contributed by atoms with van der Waals surface area (Å²) in [5.74, 6) is 0.0614. The van der Waals surface area contributed by atoms with Gasteiger partial charge in [-0.05, 0) is 0 Å². The van der Waals surface area contributed by atoms with Crippen molar-refractivity contribution < 1.29 is 10.2 Å². The molecular weight excluding hydrogens is 146 g/mol. The minimum absolute atomic E-state index is 0.0614. The molecule has 1 heterocycles. The van der Waals surface area contributed by atoms with Crippen LogP contribution < -0.4 is 5.73 Å². The lowest BCUT2D eigenvalue weighted by Crippen LogP contribution is -2.32. The predicted octanol–water partition coefficient (Wildman–Crippen LogP) is -2.04. The predicted molar refractivity (Wildman–Crippen MR) is 40.4 cm³/mol. The van der Waals surface area contributed by atoms with Crippen molar-refractivity contribution in [3.63, 3.8) is 0 Å². The number of aliphatic hydroxyl groups is 2. The number of likely N-dealkylation sites (tertiary alicyclic amines) is 1. The van der Waals surface area contributed by atoms with Crippen LogP contribution in [0.4, 0.5) is 0 Å². The molecule has 2 atom stereocenters. The molecule has 0 aromatic carbocycles. The van der Waals surface area contributed by atoms with Crippen LogP contribution >= 0.6 is 0 Å². The molecule has 0 aliphatic carbocycles. The second kappa shape index (κ2) is 3.17. The number of aliphatic hydroxyl groups excluding tert-OH is 2. The Kier molecular flexibility index (Phi) is 2.43. The Balaban J connectivity index is 2.35. The van der Waals surface area contributed by atoms with Crippen molar-refractivity contribution in [1.29, 1.82) is 5.41 Å². The summed E-state index contributed by atoms with van der Waals surface area (Å²) in [6.07, 6.45) is -1.37. The summed E-state index contributed by atoms with van der Waals surface area (Å²) in [6.45, 7) is 1.13. The first-order chi connectivity index (χ1) is 5.09. The molecule has 1 aliphatic rings. The van der Waals surface area contributed by atoms with Gasteiger partial charge in [-0.15, -0.1) is 0 Å². The molecule has 0 aromatic rings. The Hall–Kier alpha value is -0.650. The van der Waals surface area contributed by atoms with E-state index >= 15 is 0 Å². The first kappa shape index (κ1) is 8.45. The lowest BCUT2D eigenvalue weighted by atomic mass is 10.3. The summed E-state index contributed by atoms with van der Waals surface area (Å²) in [5.41, 5.74) is 5.14. The number of β-amino-alcohol motifs (C(OH)–C–C–N with tert-alkyl or cyclic N) is 2. The zero-order valence-corrected chi connectivity index (χ0v) is 6.20. The first-order valence-electron chi connectivity index (χ1n) is 3.51. The van der Waals surface area contributed by atoms with Crippen LogP contribution in [0, 0.1) is 5.41 Å². The number of nitrogens with two attached hydrogens (primary N) is 1. The number of hydrogen-bond acceptors (Lipinski definition) is 4. The highest BCUT2D eigenvalue weighted by Gasteiger charge is 2.29. The fourth-order valence-electron chi connectivity index (χ4n) is 1.22. The van der Waals surface area contributed by atoms with Gasteiger partial charge in [-0.25, -0.2) is 0 Å². The molecule has 0 saturated carbocycles. The molecule has 1 fully saturated rings. The van der Waals surface area contributed by atoms with Crippen molar-refractivity contribution in [3.05, 3.63) is 0 Å². The van der Waals surface area contributed by atoms with E-state index in [1.807, 2.05) is 0 Å². The molecular formula is C6H13N3O2. The van der Waals surface area contributed by atoms with E-state index in [1.54, 1.807) is 4.90 Å². The lowest BCUT2D eigenvalue weighted by Gasteiger charge is -2.12. The van der Waals surface area contributed by atoms with Crippen molar-refractivity contribution in [2.75, 3.05) is 19.6 Å². The Bertz CT molecular complexity index is 152. The third-order valence-corrected chi connectivity index (χ3v) is 1.73. The van der Waals surface area contributed by atoms with Crippen molar-refractivity contribution in [3.8, 4) is 0 Å². The highest BCUT2D eigenvalue weighted by Crippen LogP contribution is 2.08. The second-order valence-electron chi connectivity index (χ2n) is 2.85. The first-order valence-corrected chi connectivity index (χ1v) is 3.51. The van der Waals surface area contributed by atoms with E-state index in [4.69, 9.17) is 21.4 Å². The molecule has 5 heteroatoms. The maximum atomic E-state index is 9.08. The molecule has 1 aliphatic heterocycles. The summed E-state index contributed by atoms with van der Waals surface area (Å²) in [4.78, 5) is 1.75. The van der Waals surface area contributed by atoms with Gasteiger partial charge in [0.1, 0.15) is 5.84 Å². The molecule has 2 unspecified atom stereocenters. The van der Waals surface area contributed by atoms with E-state index in [1.165, 1.54) is 0 Å². The molecule has 11 heavy (non-hydrogen) atoms. The van der Waals surface area contributed by atoms with E-state index in [2.05, 4.69) is 0 Å². The zero-order chi connectivity index (χ0) is 8.43. The molecule has 5 nitrogen and oxygen atoms in total. The highest BCUT2D eigenvalue weighted by molar-refractivity contribution is 5.78. The number of rotatable bonds is 2. The standard InChI is InChI=1S/C6H13N3O2/c7-6(8)3-9-1-4(10)5(11)2-9/h4-5,10-11H,1-3H2,(H3,7,8). The third-order valence-electron chi connectivity index (χ3n) is 1.73. The Morgan fingerprint density at radius 2 is 1.91 bits per heavy atom. The van der Waals surface area contributed by atoms with Crippen molar-refractivity contribution in [2.24, 2.45) is 5.73 Å². The third kappa shape index (κ3) is 2.14. The van der Waals surface area contributed by atoms with Crippen LogP contribution in [0.3, 0.4) is 0 Å². The molecule has 0 amide bonds. The summed E-state index contributed by atoms with van der Waals surface area (Å²) in [7, 11) is 0. The molecule has 64 valence electrons. The minimum atomic E-state index is -0.686. The van der Waals surface area contributed by atoms with E-state index in [0.717, 1.165) is 0 Å². The molecule has 1 rings (SSSR count). The van der Waals surface area contributed by atoms with Crippen LogP contribution in [0.25, 0.3) is 0 Å². The van der Waals surface area contributed by atoms with E-state index < -0.39 is 12.2 Å². The molecule has 5 N–H and O–H groups in total. The van der Waals surface area contributed by atoms with Gasteiger partial charge in [0, 0.05) is 13.1 Å². The van der Waals surface area contributed by atoms with Gasteiger partial charge in [-0.2, -0.15) is 0 Å². The minimum Gasteiger partial charge on any atom is -0.389 e. The average Bonchev–Trinajstić information content (AvgIpc) is 2.10. The Morgan fingerprint density at radius 1 is 1.45 bits per heavy atom. The SMILES string of the molecule is N=C(N)CN1CC(O)C(O)C1. The number of amidine groups is 1. The summed E-state index contributed by atoms with van der Waals surface area (Å²) >= 11 is 0. The molecule has 0 aromatic heterocycles. The van der Waals surface area contributed by atoms with Gasteiger partial charge in [0.25, 0.3) is 0 Å². The maximum Gasteiger partial charge on any atom is 0.105 e. The fourth-order valence-corrected chi connectivity index (χ4v) is 1.22. The highest BCUT2D eigenvalue weighted by atomic mass is 16.3. The van der Waals surface area contributed by atoms with Crippen molar-refractivity contribution in [2.45, 2.75) is 12.2 Å². The van der Waals surface area contributed by atoms with Gasteiger partial charge < -0.3 is 15.9 Å². The Labute approximate surface area is 64.9 Å². The lowest BCUT2D eigenvalue weighted by molar-refractivity contribution is 0.0572. The van der Waals surface area contributed by atoms with Gasteiger partial charge in [0.15, 0.2) is 0 Å². The van der Waals surface area contributed by atoms with Gasteiger partial charge in [0.2, 0.25) is 0 Å². The van der Waals surface area contributed by atoms with Gasteiger partial charge in [-0.3, -0.25) is 10.3 Å². The van der Waals surface area contributed by atoms with E-state index in [0.29, 0.717) is 19.6 Å². The van der Waals surface area contributed by atoms with E-state index in [9.17, 15) is 0 Å². The molecule has 0 radical (unpaired) electrons. The monoisotopic (exact) mass is 159 g/mol. The topological polar surface area (TPSA) is 93.6 Å². The summed E-state index contributed by atoms with van der Waals surface area (Å²) < 4.78 is 0. The molecule has 0 bridgehead atoms. The Morgan fingerprint density at radius 3 is 2.27 bits per heavy atom. The van der Waals surface area contributed by atoms with Gasteiger partial charge in [-0.1, -0.05) is 0 Å². The number of nitrogens with zero attached hydrogens (tertiary/aromatic N) is 1. The number of hydrogen-bond donors (Lipinski definition) is 4. The van der Waals surface area contributed by atoms with Gasteiger partial charge >= 0.3 is 0 Å². The van der Waals surface area contributed by atoms with E-state index in [-0.39, 0.29) is 5.84 Å². The van der Waals surface area contributed by atoms with Crippen molar-refractivity contribution >= 4 is 5.84 Å². The second-order valence-corrected chi connectivity index (χ2v) is 2.85. The zero-order valence-electron chi connectivity index (χ0n) is 6.20. The van der Waals surface area contributed by atoms with Gasteiger partial charge in [0.05, 0.1) is 18.8 Å². The normalized spacial score (nSPS) is 32.5. The van der Waals surface area contributed by atoms with Crippen LogP contribution in [0.1, 0.15) is 0 Å². The summed E-state index contributed by atoms with van der Waals surface area (Å²) in [5, 5.41) is 25.1. The number of nitrogens with one attached hydrogen (secondary N) is 1. The van der Waals surface area contributed by atoms with Crippen LogP contribution in [-0.2, 0) is 0 Å². The molecule has 1 saturated heterocycles. The summed E-state index contributed by atoms with van der Waals surface area (Å²) in [6, 6.07) is 0. The smallest absolute Gasteiger partial charge is 0.105 e. The average molecular weight is 159 g/mol. The fraction of sp³-hybridized carbons (Fsp3) is 0.833. The van der Waals surface area contributed by atoms with Crippen LogP contribution in [0.15, 0.2) is 0 Å². The van der Waals surface area contributed by atoms with Crippen LogP contribution in [-0.4, -0.2) is 52.8 Å². The quantitative estimate of drug-likeness (QED) is 0.276. The van der Waals surface area contributed by atoms with Crippen molar-refractivity contribution in [1.82, 2.24) is 4.90 Å². The molecule has 0 spiro atoms.